The van der Waals surface area contributed by atoms with E-state index in [4.69, 9.17) is 0 Å². The molecular formula is C16H23NO2S. The Bertz CT molecular complexity index is 482. The van der Waals surface area contributed by atoms with E-state index < -0.39 is 0 Å². The molecule has 1 aromatic carbocycles. The number of hydrogen-bond donors (Lipinski definition) is 2. The van der Waals surface area contributed by atoms with Crippen LogP contribution in [0.25, 0.3) is 0 Å². The highest BCUT2D eigenvalue weighted by Gasteiger charge is 2.26. The number of hydrogen-bond acceptors (Lipinski definition) is 3. The van der Waals surface area contributed by atoms with Crippen molar-refractivity contribution < 1.29 is 9.90 Å². The monoisotopic (exact) mass is 293 g/mol. The minimum atomic E-state index is -0.000401. The molecule has 1 saturated heterocycles. The molecule has 20 heavy (non-hydrogen) atoms. The van der Waals surface area contributed by atoms with Crippen LogP contribution in [0, 0.1) is 0 Å². The van der Waals surface area contributed by atoms with Gasteiger partial charge < -0.3 is 10.4 Å². The van der Waals surface area contributed by atoms with Gasteiger partial charge in [-0.2, -0.15) is 0 Å². The van der Waals surface area contributed by atoms with Crippen molar-refractivity contribution in [3.63, 3.8) is 0 Å². The van der Waals surface area contributed by atoms with Gasteiger partial charge in [0.2, 0.25) is 5.91 Å². The molecule has 1 amide bonds. The summed E-state index contributed by atoms with van der Waals surface area (Å²) in [5.74, 6) is 1.80. The highest BCUT2D eigenvalue weighted by Crippen LogP contribution is 2.35. The molecule has 1 atom stereocenters. The smallest absolute Gasteiger partial charge is 0.234 e. The highest BCUT2D eigenvalue weighted by atomic mass is 32.2. The Balaban J connectivity index is 2.35. The van der Waals surface area contributed by atoms with Gasteiger partial charge in [0, 0.05) is 0 Å². The molecule has 0 aromatic heterocycles. The summed E-state index contributed by atoms with van der Waals surface area (Å²) in [6.07, 6.45) is 0.732. The third-order valence-electron chi connectivity index (χ3n) is 3.72. The Morgan fingerprint density at radius 3 is 2.20 bits per heavy atom. The molecule has 110 valence electrons. The number of carbonyl (C=O) groups excluding carboxylic acids is 1. The van der Waals surface area contributed by atoms with Gasteiger partial charge in [0.05, 0.1) is 11.1 Å². The fourth-order valence-electron chi connectivity index (χ4n) is 2.51. The van der Waals surface area contributed by atoms with Crippen molar-refractivity contribution >= 4 is 17.7 Å². The summed E-state index contributed by atoms with van der Waals surface area (Å²) in [6.45, 7) is 8.33. The van der Waals surface area contributed by atoms with Crippen LogP contribution in [0.4, 0.5) is 0 Å². The predicted molar refractivity (Wildman–Crippen MR) is 84.4 cm³/mol. The van der Waals surface area contributed by atoms with Gasteiger partial charge in [-0.1, -0.05) is 39.8 Å². The standard InChI is InChI=1S/C16H23NO2S/c1-9(2)12-5-11(6-13(10(3)4)15(12)18)7-14-16(19)17-8-20-14/h5-6,9-10,14,18H,7-8H2,1-4H3,(H,17,19). The van der Waals surface area contributed by atoms with Crippen LogP contribution < -0.4 is 5.32 Å². The van der Waals surface area contributed by atoms with Gasteiger partial charge in [0.25, 0.3) is 0 Å². The van der Waals surface area contributed by atoms with Crippen LogP contribution in [0.3, 0.4) is 0 Å². The second-order valence-corrected chi connectivity index (χ2v) is 7.17. The van der Waals surface area contributed by atoms with Crippen LogP contribution >= 0.6 is 11.8 Å². The number of amides is 1. The number of rotatable bonds is 4. The molecule has 1 aliphatic rings. The summed E-state index contributed by atoms with van der Waals surface area (Å²) in [5.41, 5.74) is 3.11. The highest BCUT2D eigenvalue weighted by molar-refractivity contribution is 8.01. The van der Waals surface area contributed by atoms with Crippen LogP contribution in [0.1, 0.15) is 56.2 Å². The van der Waals surface area contributed by atoms with Crippen LogP contribution in [0.15, 0.2) is 12.1 Å². The second-order valence-electron chi connectivity index (χ2n) is 5.98. The number of aromatic hydroxyl groups is 1. The molecule has 1 heterocycles. The lowest BCUT2D eigenvalue weighted by Gasteiger charge is -2.18. The Kier molecular flexibility index (Phi) is 4.63. The third kappa shape index (κ3) is 3.11. The largest absolute Gasteiger partial charge is 0.507 e. The van der Waals surface area contributed by atoms with Crippen LogP contribution in [-0.4, -0.2) is 22.1 Å². The lowest BCUT2D eigenvalue weighted by atomic mass is 9.90. The molecule has 2 N–H and O–H groups in total. The Hall–Kier alpha value is -1.16. The van der Waals surface area contributed by atoms with Crippen LogP contribution in [0.2, 0.25) is 0 Å². The Labute approximate surface area is 125 Å². The average Bonchev–Trinajstić information content (AvgIpc) is 2.76. The summed E-state index contributed by atoms with van der Waals surface area (Å²) in [7, 11) is 0. The fourth-order valence-corrected chi connectivity index (χ4v) is 3.48. The van der Waals surface area contributed by atoms with Crippen molar-refractivity contribution in [3.8, 4) is 5.75 Å². The van der Waals surface area contributed by atoms with Gasteiger partial charge >= 0.3 is 0 Å². The molecule has 1 aromatic rings. The van der Waals surface area contributed by atoms with Crippen molar-refractivity contribution in [3.05, 3.63) is 28.8 Å². The minimum absolute atomic E-state index is 0.000401. The number of thioether (sulfide) groups is 1. The maximum Gasteiger partial charge on any atom is 0.234 e. The fraction of sp³-hybridized carbons (Fsp3) is 0.562. The van der Waals surface area contributed by atoms with Gasteiger partial charge in [-0.05, 0) is 34.9 Å². The van der Waals surface area contributed by atoms with Crippen molar-refractivity contribution in [2.75, 3.05) is 5.88 Å². The maximum absolute atomic E-state index is 11.7. The topological polar surface area (TPSA) is 49.3 Å². The zero-order valence-corrected chi connectivity index (χ0v) is 13.4. The first-order valence-corrected chi connectivity index (χ1v) is 8.20. The SMILES string of the molecule is CC(C)c1cc(CC2SCNC2=O)cc(C(C)C)c1O. The zero-order chi connectivity index (χ0) is 14.9. The van der Waals surface area contributed by atoms with E-state index in [1.807, 2.05) is 0 Å². The van der Waals surface area contributed by atoms with Crippen LogP contribution in [0.5, 0.6) is 5.75 Å². The summed E-state index contributed by atoms with van der Waals surface area (Å²) >= 11 is 1.65. The van der Waals surface area contributed by atoms with Gasteiger partial charge in [-0.25, -0.2) is 0 Å². The van der Waals surface area contributed by atoms with E-state index in [9.17, 15) is 9.90 Å². The second kappa shape index (κ2) is 6.08. The summed E-state index contributed by atoms with van der Waals surface area (Å²) in [6, 6.07) is 4.11. The van der Waals surface area contributed by atoms with E-state index in [0.717, 1.165) is 23.1 Å². The number of benzene rings is 1. The molecule has 2 rings (SSSR count). The summed E-state index contributed by atoms with van der Waals surface area (Å²) < 4.78 is 0. The number of phenolic OH excluding ortho intramolecular Hbond substituents is 1. The lowest BCUT2D eigenvalue weighted by molar-refractivity contribution is -0.119. The molecule has 1 fully saturated rings. The van der Waals surface area contributed by atoms with E-state index in [-0.39, 0.29) is 23.0 Å². The van der Waals surface area contributed by atoms with E-state index in [2.05, 4.69) is 45.1 Å². The first kappa shape index (κ1) is 15.2. The number of nitrogens with one attached hydrogen (secondary N) is 1. The molecule has 0 bridgehead atoms. The molecule has 0 spiro atoms. The van der Waals surface area contributed by atoms with Crippen molar-refractivity contribution in [2.45, 2.75) is 51.2 Å². The van der Waals surface area contributed by atoms with Crippen molar-refractivity contribution in [2.24, 2.45) is 0 Å². The average molecular weight is 293 g/mol. The van der Waals surface area contributed by atoms with Gasteiger partial charge in [0.15, 0.2) is 0 Å². The third-order valence-corrected chi connectivity index (χ3v) is 4.81. The molecule has 1 unspecified atom stereocenters. The zero-order valence-electron chi connectivity index (χ0n) is 12.6. The van der Waals surface area contributed by atoms with E-state index in [1.54, 1.807) is 11.8 Å². The van der Waals surface area contributed by atoms with Crippen molar-refractivity contribution in [1.82, 2.24) is 5.32 Å². The summed E-state index contributed by atoms with van der Waals surface area (Å²) in [5, 5.41) is 13.2. The van der Waals surface area contributed by atoms with E-state index in [0.29, 0.717) is 11.6 Å². The Morgan fingerprint density at radius 1 is 1.25 bits per heavy atom. The normalized spacial score (nSPS) is 18.9. The number of carbonyl (C=O) groups is 1. The maximum atomic E-state index is 11.7. The van der Waals surface area contributed by atoms with E-state index >= 15 is 0 Å². The minimum Gasteiger partial charge on any atom is -0.507 e. The summed E-state index contributed by atoms with van der Waals surface area (Å²) in [4.78, 5) is 11.7. The Morgan fingerprint density at radius 2 is 1.80 bits per heavy atom. The van der Waals surface area contributed by atoms with Crippen molar-refractivity contribution in [1.29, 1.82) is 0 Å². The molecule has 4 heteroatoms. The van der Waals surface area contributed by atoms with Gasteiger partial charge in [0.1, 0.15) is 5.75 Å². The molecule has 0 saturated carbocycles. The first-order chi connectivity index (χ1) is 9.40. The molecular weight excluding hydrogens is 270 g/mol. The quantitative estimate of drug-likeness (QED) is 0.895. The molecule has 3 nitrogen and oxygen atoms in total. The molecule has 0 aliphatic carbocycles. The number of phenols is 1. The van der Waals surface area contributed by atoms with E-state index in [1.165, 1.54) is 0 Å². The first-order valence-electron chi connectivity index (χ1n) is 7.15. The van der Waals surface area contributed by atoms with Gasteiger partial charge in [-0.3, -0.25) is 4.79 Å². The predicted octanol–water partition coefficient (Wildman–Crippen LogP) is 3.37. The molecule has 1 aliphatic heterocycles. The lowest BCUT2D eigenvalue weighted by Crippen LogP contribution is -2.24. The van der Waals surface area contributed by atoms with Gasteiger partial charge in [-0.15, -0.1) is 11.8 Å². The van der Waals surface area contributed by atoms with Crippen LogP contribution in [-0.2, 0) is 11.2 Å². The molecule has 0 radical (unpaired) electrons.